The van der Waals surface area contributed by atoms with Crippen molar-refractivity contribution in [1.82, 2.24) is 10.0 Å². The Balaban J connectivity index is 1.70. The van der Waals surface area contributed by atoms with Gasteiger partial charge in [0.2, 0.25) is 0 Å². The predicted molar refractivity (Wildman–Crippen MR) is 125 cm³/mol. The van der Waals surface area contributed by atoms with E-state index in [4.69, 9.17) is 11.6 Å². The van der Waals surface area contributed by atoms with Gasteiger partial charge in [-0.1, -0.05) is 60.8 Å². The Morgan fingerprint density at radius 2 is 2.04 bits per heavy atom. The van der Waals surface area contributed by atoms with Gasteiger partial charge < -0.3 is 5.32 Å². The SMILES string of the molecule is CCCSNCCCc1ccc2c(c1)C(Cc1cccc(Cl)c1)C(NC)CC2. The third-order valence-electron chi connectivity index (χ3n) is 5.69. The maximum atomic E-state index is 6.24. The van der Waals surface area contributed by atoms with E-state index in [9.17, 15) is 0 Å². The maximum absolute atomic E-state index is 6.24. The van der Waals surface area contributed by atoms with Crippen molar-refractivity contribution in [2.45, 2.75) is 57.4 Å². The molecule has 152 valence electrons. The summed E-state index contributed by atoms with van der Waals surface area (Å²) in [5.41, 5.74) is 5.86. The van der Waals surface area contributed by atoms with E-state index in [-0.39, 0.29) is 0 Å². The Morgan fingerprint density at radius 1 is 1.14 bits per heavy atom. The van der Waals surface area contributed by atoms with Crippen LogP contribution in [-0.2, 0) is 19.3 Å². The smallest absolute Gasteiger partial charge is 0.0408 e. The third-order valence-corrected chi connectivity index (χ3v) is 6.94. The molecular formula is C24H33ClN2S. The van der Waals surface area contributed by atoms with E-state index >= 15 is 0 Å². The van der Waals surface area contributed by atoms with Crippen molar-refractivity contribution in [3.8, 4) is 0 Å². The second-order valence-electron chi connectivity index (χ2n) is 7.75. The van der Waals surface area contributed by atoms with Gasteiger partial charge in [0.15, 0.2) is 0 Å². The van der Waals surface area contributed by atoms with Crippen molar-refractivity contribution in [2.75, 3.05) is 19.3 Å². The zero-order valence-corrected chi connectivity index (χ0v) is 18.7. The van der Waals surface area contributed by atoms with Gasteiger partial charge in [-0.3, -0.25) is 4.72 Å². The number of aryl methyl sites for hydroxylation is 2. The number of likely N-dealkylation sites (N-methyl/N-ethyl adjacent to an activating group) is 1. The van der Waals surface area contributed by atoms with E-state index in [1.165, 1.54) is 53.7 Å². The predicted octanol–water partition coefficient (Wildman–Crippen LogP) is 5.78. The van der Waals surface area contributed by atoms with Gasteiger partial charge >= 0.3 is 0 Å². The summed E-state index contributed by atoms with van der Waals surface area (Å²) in [6.45, 7) is 3.30. The van der Waals surface area contributed by atoms with Crippen LogP contribution in [0.4, 0.5) is 0 Å². The second-order valence-corrected chi connectivity index (χ2v) is 9.18. The Labute approximate surface area is 180 Å². The summed E-state index contributed by atoms with van der Waals surface area (Å²) in [6, 6.07) is 16.1. The Morgan fingerprint density at radius 3 is 2.82 bits per heavy atom. The van der Waals surface area contributed by atoms with Crippen molar-refractivity contribution >= 4 is 23.5 Å². The summed E-state index contributed by atoms with van der Waals surface area (Å²) in [6.07, 6.45) is 6.96. The first-order valence-corrected chi connectivity index (χ1v) is 12.0. The summed E-state index contributed by atoms with van der Waals surface area (Å²) in [5.74, 6) is 1.69. The molecule has 2 nitrogen and oxygen atoms in total. The molecule has 0 spiro atoms. The van der Waals surface area contributed by atoms with Crippen LogP contribution in [0, 0.1) is 0 Å². The average Bonchev–Trinajstić information content (AvgIpc) is 2.71. The van der Waals surface area contributed by atoms with E-state index in [2.05, 4.69) is 60.4 Å². The van der Waals surface area contributed by atoms with Crippen LogP contribution >= 0.6 is 23.5 Å². The lowest BCUT2D eigenvalue weighted by Crippen LogP contribution is -2.37. The number of hydrogen-bond donors (Lipinski definition) is 2. The van der Waals surface area contributed by atoms with Gasteiger partial charge in [-0.2, -0.15) is 0 Å². The number of benzene rings is 2. The number of fused-ring (bicyclic) bond motifs is 1. The summed E-state index contributed by atoms with van der Waals surface area (Å²) >= 11 is 8.09. The molecular weight excluding hydrogens is 384 g/mol. The van der Waals surface area contributed by atoms with E-state index in [1.807, 2.05) is 18.0 Å². The minimum absolute atomic E-state index is 0.505. The molecule has 4 heteroatoms. The molecule has 0 aromatic heterocycles. The Hall–Kier alpha value is -1.00. The molecule has 0 aliphatic heterocycles. The molecule has 1 aliphatic rings. The lowest BCUT2D eigenvalue weighted by molar-refractivity contribution is 0.409. The van der Waals surface area contributed by atoms with Crippen LogP contribution in [0.5, 0.6) is 0 Å². The monoisotopic (exact) mass is 416 g/mol. The second kappa shape index (κ2) is 11.3. The first-order valence-electron chi connectivity index (χ1n) is 10.6. The fourth-order valence-electron chi connectivity index (χ4n) is 4.23. The molecule has 2 aromatic carbocycles. The molecule has 0 radical (unpaired) electrons. The van der Waals surface area contributed by atoms with Crippen LogP contribution in [-0.4, -0.2) is 25.4 Å². The molecule has 0 bridgehead atoms. The highest BCUT2D eigenvalue weighted by atomic mass is 35.5. The van der Waals surface area contributed by atoms with Gasteiger partial charge in [0.05, 0.1) is 0 Å². The van der Waals surface area contributed by atoms with Gasteiger partial charge in [0.25, 0.3) is 0 Å². The highest BCUT2D eigenvalue weighted by Gasteiger charge is 2.28. The molecule has 0 heterocycles. The minimum atomic E-state index is 0.505. The zero-order valence-electron chi connectivity index (χ0n) is 17.1. The van der Waals surface area contributed by atoms with Gasteiger partial charge in [0.1, 0.15) is 0 Å². The van der Waals surface area contributed by atoms with Gasteiger partial charge in [-0.05, 0) is 80.0 Å². The quantitative estimate of drug-likeness (QED) is 0.379. The highest BCUT2D eigenvalue weighted by Crippen LogP contribution is 2.35. The van der Waals surface area contributed by atoms with E-state index in [1.54, 1.807) is 0 Å². The highest BCUT2D eigenvalue weighted by molar-refractivity contribution is 7.97. The number of hydrogen-bond acceptors (Lipinski definition) is 3. The molecule has 1 aliphatic carbocycles. The van der Waals surface area contributed by atoms with Crippen molar-refractivity contribution < 1.29 is 0 Å². The average molecular weight is 417 g/mol. The normalized spacial score (nSPS) is 18.8. The van der Waals surface area contributed by atoms with Crippen LogP contribution in [0.1, 0.15) is 54.4 Å². The van der Waals surface area contributed by atoms with Crippen LogP contribution in [0.15, 0.2) is 42.5 Å². The molecule has 2 N–H and O–H groups in total. The van der Waals surface area contributed by atoms with E-state index in [0.717, 1.165) is 24.4 Å². The topological polar surface area (TPSA) is 24.1 Å². The van der Waals surface area contributed by atoms with E-state index < -0.39 is 0 Å². The van der Waals surface area contributed by atoms with Gasteiger partial charge in [-0.25, -0.2) is 0 Å². The molecule has 2 unspecified atom stereocenters. The van der Waals surface area contributed by atoms with Gasteiger partial charge in [-0.15, -0.1) is 0 Å². The Bertz CT molecular complexity index is 749. The fourth-order valence-corrected chi connectivity index (χ4v) is 5.08. The molecule has 2 atom stereocenters. The van der Waals surface area contributed by atoms with Crippen molar-refractivity contribution in [3.63, 3.8) is 0 Å². The van der Waals surface area contributed by atoms with Gasteiger partial charge in [0, 0.05) is 29.3 Å². The lowest BCUT2D eigenvalue weighted by Gasteiger charge is -2.34. The largest absolute Gasteiger partial charge is 0.316 e. The first kappa shape index (κ1) is 21.7. The van der Waals surface area contributed by atoms with Crippen molar-refractivity contribution in [1.29, 1.82) is 0 Å². The summed E-state index contributed by atoms with van der Waals surface area (Å²) < 4.78 is 3.48. The number of nitrogens with one attached hydrogen (secondary N) is 2. The maximum Gasteiger partial charge on any atom is 0.0408 e. The zero-order chi connectivity index (χ0) is 19.8. The van der Waals surface area contributed by atoms with E-state index in [0.29, 0.717) is 12.0 Å². The third kappa shape index (κ3) is 6.00. The summed E-state index contributed by atoms with van der Waals surface area (Å²) in [4.78, 5) is 0. The summed E-state index contributed by atoms with van der Waals surface area (Å²) in [5, 5.41) is 4.41. The summed E-state index contributed by atoms with van der Waals surface area (Å²) in [7, 11) is 2.10. The number of halogens is 1. The minimum Gasteiger partial charge on any atom is -0.316 e. The molecule has 3 rings (SSSR count). The lowest BCUT2D eigenvalue weighted by atomic mass is 9.75. The standard InChI is InChI=1S/C24H33ClN2S/c1-3-14-28-27-13-5-7-18-9-10-20-11-12-24(26-2)23(22(20)16-18)17-19-6-4-8-21(25)15-19/h4,6,8-10,15-16,23-24,26-27H,3,5,7,11-14,17H2,1-2H3. The molecule has 28 heavy (non-hydrogen) atoms. The molecule has 0 amide bonds. The van der Waals surface area contributed by atoms with Crippen LogP contribution in [0.2, 0.25) is 5.02 Å². The molecule has 0 saturated carbocycles. The van der Waals surface area contributed by atoms with Crippen molar-refractivity contribution in [2.24, 2.45) is 0 Å². The Kier molecular flexibility index (Phi) is 8.72. The fraction of sp³-hybridized carbons (Fsp3) is 0.500. The van der Waals surface area contributed by atoms with Crippen LogP contribution in [0.3, 0.4) is 0 Å². The first-order chi connectivity index (χ1) is 13.7. The van der Waals surface area contributed by atoms with Crippen molar-refractivity contribution in [3.05, 3.63) is 69.7 Å². The number of rotatable bonds is 10. The molecule has 2 aromatic rings. The molecule has 0 saturated heterocycles. The van der Waals surface area contributed by atoms with Crippen LogP contribution < -0.4 is 10.0 Å². The molecule has 0 fully saturated rings. The van der Waals surface area contributed by atoms with Crippen LogP contribution in [0.25, 0.3) is 0 Å².